The maximum Gasteiger partial charge on any atom is 0.310 e. The lowest BCUT2D eigenvalue weighted by atomic mass is 9.76. The molecule has 0 spiro atoms. The van der Waals surface area contributed by atoms with Gasteiger partial charge in [-0.2, -0.15) is 5.26 Å². The molecule has 0 saturated heterocycles. The molecular formula is C15H18N2O3. The largest absolute Gasteiger partial charge is 0.481 e. The van der Waals surface area contributed by atoms with Crippen LogP contribution in [0.5, 0.6) is 0 Å². The number of benzene rings is 1. The molecule has 5 heteroatoms. The summed E-state index contributed by atoms with van der Waals surface area (Å²) in [7, 11) is 0. The molecular weight excluding hydrogens is 256 g/mol. The Morgan fingerprint density at radius 1 is 1.40 bits per heavy atom. The van der Waals surface area contributed by atoms with Gasteiger partial charge in [0.1, 0.15) is 6.07 Å². The predicted molar refractivity (Wildman–Crippen MR) is 75.0 cm³/mol. The lowest BCUT2D eigenvalue weighted by Crippen LogP contribution is -2.37. The van der Waals surface area contributed by atoms with Crippen molar-refractivity contribution in [2.45, 2.75) is 27.2 Å². The van der Waals surface area contributed by atoms with Crippen molar-refractivity contribution >= 4 is 17.6 Å². The Bertz CT molecular complexity index is 560. The summed E-state index contributed by atoms with van der Waals surface area (Å²) in [5, 5.41) is 20.8. The third-order valence-electron chi connectivity index (χ3n) is 3.61. The second-order valence-electron chi connectivity index (χ2n) is 5.26. The molecule has 0 radical (unpaired) electrons. The zero-order chi connectivity index (χ0) is 15.3. The number of anilines is 1. The normalized spacial score (nSPS) is 13.3. The van der Waals surface area contributed by atoms with Crippen molar-refractivity contribution in [3.05, 3.63) is 29.8 Å². The number of para-hydroxylation sites is 1. The number of carbonyl (C=O) groups is 2. The topological polar surface area (TPSA) is 90.2 Å². The SMILES string of the molecule is CC(C)C(C)(CC(=O)Nc1ccccc1C#N)C(=O)O. The first-order chi connectivity index (χ1) is 9.31. The van der Waals surface area contributed by atoms with Crippen LogP contribution in [0.3, 0.4) is 0 Å². The first kappa shape index (κ1) is 15.7. The first-order valence-electron chi connectivity index (χ1n) is 6.33. The number of carboxylic acid groups (broad SMARTS) is 1. The van der Waals surface area contributed by atoms with Crippen molar-refractivity contribution in [2.75, 3.05) is 5.32 Å². The molecule has 0 aliphatic heterocycles. The van der Waals surface area contributed by atoms with Crippen molar-refractivity contribution in [3.63, 3.8) is 0 Å². The highest BCUT2D eigenvalue weighted by atomic mass is 16.4. The van der Waals surface area contributed by atoms with Crippen LogP contribution in [0.4, 0.5) is 5.69 Å². The van der Waals surface area contributed by atoms with Gasteiger partial charge in [-0.1, -0.05) is 26.0 Å². The predicted octanol–water partition coefficient (Wildman–Crippen LogP) is 2.63. The van der Waals surface area contributed by atoms with Gasteiger partial charge in [-0.05, 0) is 25.0 Å². The molecule has 0 saturated carbocycles. The minimum Gasteiger partial charge on any atom is -0.481 e. The van der Waals surface area contributed by atoms with Crippen LogP contribution in [-0.4, -0.2) is 17.0 Å². The maximum atomic E-state index is 12.0. The molecule has 106 valence electrons. The fourth-order valence-electron chi connectivity index (χ4n) is 1.74. The van der Waals surface area contributed by atoms with E-state index in [4.69, 9.17) is 5.26 Å². The highest BCUT2D eigenvalue weighted by Crippen LogP contribution is 2.31. The summed E-state index contributed by atoms with van der Waals surface area (Å²) in [6.07, 6.45) is -0.139. The van der Waals surface area contributed by atoms with Crippen LogP contribution in [0.1, 0.15) is 32.8 Å². The lowest BCUT2D eigenvalue weighted by molar-refractivity contribution is -0.153. The average molecular weight is 274 g/mol. The first-order valence-corrected chi connectivity index (χ1v) is 6.33. The second kappa shape index (κ2) is 6.20. The molecule has 0 heterocycles. The van der Waals surface area contributed by atoms with E-state index in [0.717, 1.165) is 0 Å². The van der Waals surface area contributed by atoms with Gasteiger partial charge in [0, 0.05) is 6.42 Å². The molecule has 1 unspecified atom stereocenters. The summed E-state index contributed by atoms with van der Waals surface area (Å²) >= 11 is 0. The van der Waals surface area contributed by atoms with Crippen molar-refractivity contribution in [1.82, 2.24) is 0 Å². The number of aliphatic carboxylic acids is 1. The number of nitrogens with zero attached hydrogens (tertiary/aromatic N) is 1. The van der Waals surface area contributed by atoms with Gasteiger partial charge in [-0.15, -0.1) is 0 Å². The average Bonchev–Trinajstić information content (AvgIpc) is 2.38. The van der Waals surface area contributed by atoms with Gasteiger partial charge in [0.15, 0.2) is 0 Å². The summed E-state index contributed by atoms with van der Waals surface area (Å²) in [5.41, 5.74) is -0.384. The Labute approximate surface area is 118 Å². The maximum absolute atomic E-state index is 12.0. The van der Waals surface area contributed by atoms with Gasteiger partial charge in [0.2, 0.25) is 5.91 Å². The second-order valence-corrected chi connectivity index (χ2v) is 5.26. The third-order valence-corrected chi connectivity index (χ3v) is 3.61. The van der Waals surface area contributed by atoms with Gasteiger partial charge in [0.05, 0.1) is 16.7 Å². The molecule has 5 nitrogen and oxygen atoms in total. The van der Waals surface area contributed by atoms with Crippen molar-refractivity contribution < 1.29 is 14.7 Å². The Hall–Kier alpha value is -2.35. The van der Waals surface area contributed by atoms with E-state index in [1.807, 2.05) is 6.07 Å². The van der Waals surface area contributed by atoms with Gasteiger partial charge in [-0.25, -0.2) is 0 Å². The molecule has 0 aliphatic carbocycles. The molecule has 1 aromatic carbocycles. The van der Waals surface area contributed by atoms with Gasteiger partial charge in [-0.3, -0.25) is 9.59 Å². The third kappa shape index (κ3) is 3.35. The highest BCUT2D eigenvalue weighted by Gasteiger charge is 2.38. The van der Waals surface area contributed by atoms with Crippen molar-refractivity contribution in [2.24, 2.45) is 11.3 Å². The molecule has 0 aromatic heterocycles. The van der Waals surface area contributed by atoms with E-state index in [-0.39, 0.29) is 12.3 Å². The number of rotatable bonds is 5. The molecule has 1 amide bonds. The lowest BCUT2D eigenvalue weighted by Gasteiger charge is -2.28. The van der Waals surface area contributed by atoms with Gasteiger partial charge < -0.3 is 10.4 Å². The number of nitriles is 1. The van der Waals surface area contributed by atoms with E-state index in [1.54, 1.807) is 45.0 Å². The summed E-state index contributed by atoms with van der Waals surface area (Å²) < 4.78 is 0. The molecule has 0 aliphatic rings. The summed E-state index contributed by atoms with van der Waals surface area (Å²) in [5.74, 6) is -1.60. The zero-order valence-corrected chi connectivity index (χ0v) is 11.8. The van der Waals surface area contributed by atoms with E-state index in [9.17, 15) is 14.7 Å². The van der Waals surface area contributed by atoms with E-state index in [0.29, 0.717) is 11.3 Å². The van der Waals surface area contributed by atoms with Gasteiger partial charge >= 0.3 is 5.97 Å². The Kier molecular flexibility index (Phi) is 4.87. The van der Waals surface area contributed by atoms with Crippen LogP contribution >= 0.6 is 0 Å². The Morgan fingerprint density at radius 3 is 2.50 bits per heavy atom. The number of hydrogen-bond acceptors (Lipinski definition) is 3. The minimum atomic E-state index is -1.13. The van der Waals surface area contributed by atoms with Crippen molar-refractivity contribution in [3.8, 4) is 6.07 Å². The smallest absolute Gasteiger partial charge is 0.310 e. The molecule has 0 bridgehead atoms. The van der Waals surface area contributed by atoms with E-state index < -0.39 is 17.3 Å². The Balaban J connectivity index is 2.88. The summed E-state index contributed by atoms with van der Waals surface area (Å²) in [6.45, 7) is 5.09. The standard InChI is InChI=1S/C15H18N2O3/c1-10(2)15(3,14(19)20)8-13(18)17-12-7-5-4-6-11(12)9-16/h4-7,10H,8H2,1-3H3,(H,17,18)(H,19,20). The fourth-order valence-corrected chi connectivity index (χ4v) is 1.74. The van der Waals surface area contributed by atoms with Crippen LogP contribution in [0, 0.1) is 22.7 Å². The fraction of sp³-hybridized carbons (Fsp3) is 0.400. The Morgan fingerprint density at radius 2 is 2.00 bits per heavy atom. The molecule has 2 N–H and O–H groups in total. The van der Waals surface area contributed by atoms with Crippen LogP contribution < -0.4 is 5.32 Å². The van der Waals surface area contributed by atoms with Crippen LogP contribution in [0.15, 0.2) is 24.3 Å². The molecule has 1 aromatic rings. The summed E-state index contributed by atoms with van der Waals surface area (Å²) in [4.78, 5) is 23.4. The molecule has 1 rings (SSSR count). The summed E-state index contributed by atoms with van der Waals surface area (Å²) in [6, 6.07) is 8.59. The number of carbonyl (C=O) groups excluding carboxylic acids is 1. The van der Waals surface area contributed by atoms with Crippen LogP contribution in [-0.2, 0) is 9.59 Å². The molecule has 20 heavy (non-hydrogen) atoms. The number of amides is 1. The number of nitrogens with one attached hydrogen (secondary N) is 1. The van der Waals surface area contributed by atoms with E-state index in [1.165, 1.54) is 0 Å². The molecule has 1 atom stereocenters. The molecule has 0 fully saturated rings. The highest BCUT2D eigenvalue weighted by molar-refractivity contribution is 5.95. The minimum absolute atomic E-state index is 0.139. The van der Waals surface area contributed by atoms with Crippen molar-refractivity contribution in [1.29, 1.82) is 5.26 Å². The zero-order valence-electron chi connectivity index (χ0n) is 11.8. The monoisotopic (exact) mass is 274 g/mol. The van der Waals surface area contributed by atoms with Gasteiger partial charge in [0.25, 0.3) is 0 Å². The van der Waals surface area contributed by atoms with E-state index in [2.05, 4.69) is 5.32 Å². The van der Waals surface area contributed by atoms with Crippen LogP contribution in [0.25, 0.3) is 0 Å². The quantitative estimate of drug-likeness (QED) is 0.863. The number of carboxylic acids is 1. The van der Waals surface area contributed by atoms with Crippen LogP contribution in [0.2, 0.25) is 0 Å². The number of hydrogen-bond donors (Lipinski definition) is 2. The van der Waals surface area contributed by atoms with E-state index >= 15 is 0 Å².